The van der Waals surface area contributed by atoms with Gasteiger partial charge in [0.05, 0.1) is 18.9 Å². The number of hydrogen-bond acceptors (Lipinski definition) is 7. The fraction of sp³-hybridized carbons (Fsp3) is 0.846. The molecule has 1 unspecified atom stereocenters. The molecule has 1 aliphatic carbocycles. The monoisotopic (exact) mass is 322 g/mol. The Morgan fingerprint density at radius 1 is 1.00 bits per heavy atom. The minimum absolute atomic E-state index is 0.104. The molecule has 0 aliphatic heterocycles. The van der Waals surface area contributed by atoms with E-state index in [-0.39, 0.29) is 13.2 Å². The van der Waals surface area contributed by atoms with Crippen molar-refractivity contribution < 1.29 is 32.7 Å². The third-order valence-corrected chi connectivity index (χ3v) is 6.73. The quantitative estimate of drug-likeness (QED) is 0.402. The lowest BCUT2D eigenvalue weighted by Gasteiger charge is -2.18. The molecule has 1 fully saturated rings. The van der Waals surface area contributed by atoms with Crippen LogP contribution in [0.15, 0.2) is 0 Å². The molecule has 1 saturated carbocycles. The molecular formula is C13H23O7P. The molecule has 8 heteroatoms. The molecule has 0 aromatic heterocycles. The number of ether oxygens (including phenoxy) is 2. The highest BCUT2D eigenvalue weighted by atomic mass is 31.2. The molecular weight excluding hydrogens is 299 g/mol. The van der Waals surface area contributed by atoms with Gasteiger partial charge in [-0.15, -0.1) is 0 Å². The Bertz CT molecular complexity index is 445. The summed E-state index contributed by atoms with van der Waals surface area (Å²) in [6.45, 7) is 6.77. The van der Waals surface area contributed by atoms with Crippen LogP contribution in [0.1, 0.15) is 27.7 Å². The third kappa shape index (κ3) is 2.41. The third-order valence-electron chi connectivity index (χ3n) is 4.05. The molecule has 0 amide bonds. The van der Waals surface area contributed by atoms with E-state index in [1.165, 1.54) is 14.2 Å². The van der Waals surface area contributed by atoms with Crippen LogP contribution in [0.4, 0.5) is 0 Å². The Hall–Kier alpha value is -0.910. The summed E-state index contributed by atoms with van der Waals surface area (Å²) in [6, 6.07) is 0. The van der Waals surface area contributed by atoms with Crippen molar-refractivity contribution >= 4 is 19.5 Å². The van der Waals surface area contributed by atoms with Crippen molar-refractivity contribution in [2.24, 2.45) is 10.8 Å². The zero-order valence-corrected chi connectivity index (χ0v) is 14.2. The van der Waals surface area contributed by atoms with Gasteiger partial charge in [0.25, 0.3) is 0 Å². The van der Waals surface area contributed by atoms with E-state index < -0.39 is 36.0 Å². The molecule has 21 heavy (non-hydrogen) atoms. The number of carbonyl (C=O) groups excluding carboxylic acids is 2. The summed E-state index contributed by atoms with van der Waals surface area (Å²) >= 11 is 0. The van der Waals surface area contributed by atoms with Crippen molar-refractivity contribution in [3.63, 3.8) is 0 Å². The van der Waals surface area contributed by atoms with Crippen LogP contribution in [0.5, 0.6) is 0 Å². The van der Waals surface area contributed by atoms with Crippen LogP contribution >= 0.6 is 7.60 Å². The summed E-state index contributed by atoms with van der Waals surface area (Å²) in [5.74, 6) is -1.51. The fourth-order valence-electron chi connectivity index (χ4n) is 2.98. The van der Waals surface area contributed by atoms with Gasteiger partial charge in [0, 0.05) is 19.6 Å². The maximum absolute atomic E-state index is 12.7. The van der Waals surface area contributed by atoms with Gasteiger partial charge in [0.2, 0.25) is 0 Å². The van der Waals surface area contributed by atoms with E-state index in [0.29, 0.717) is 0 Å². The van der Waals surface area contributed by atoms with Gasteiger partial charge in [0.1, 0.15) is 0 Å². The summed E-state index contributed by atoms with van der Waals surface area (Å²) in [5, 5.41) is 0. The van der Waals surface area contributed by atoms with E-state index in [1.807, 2.05) is 0 Å². The van der Waals surface area contributed by atoms with Gasteiger partial charge >= 0.3 is 19.5 Å². The van der Waals surface area contributed by atoms with Crippen LogP contribution in [-0.4, -0.2) is 45.0 Å². The molecule has 122 valence electrons. The maximum Gasteiger partial charge on any atom is 0.335 e. The fourth-order valence-corrected chi connectivity index (χ4v) is 5.48. The Morgan fingerprint density at radius 2 is 1.38 bits per heavy atom. The number of carbonyl (C=O) groups is 2. The molecule has 7 nitrogen and oxygen atoms in total. The summed E-state index contributed by atoms with van der Waals surface area (Å²) < 4.78 is 32.7. The summed E-state index contributed by atoms with van der Waals surface area (Å²) in [7, 11) is -1.20. The lowest BCUT2D eigenvalue weighted by atomic mass is 9.96. The maximum atomic E-state index is 12.7. The highest BCUT2D eigenvalue weighted by Crippen LogP contribution is 2.80. The number of esters is 2. The molecule has 1 aliphatic rings. The second-order valence-corrected chi connectivity index (χ2v) is 7.60. The second-order valence-electron chi connectivity index (χ2n) is 5.28. The van der Waals surface area contributed by atoms with Gasteiger partial charge in [-0.1, -0.05) is 13.8 Å². The van der Waals surface area contributed by atoms with Crippen LogP contribution in [0.2, 0.25) is 0 Å². The van der Waals surface area contributed by atoms with E-state index in [1.54, 1.807) is 27.7 Å². The topological polar surface area (TPSA) is 88.1 Å². The van der Waals surface area contributed by atoms with Crippen LogP contribution in [0.25, 0.3) is 0 Å². The molecule has 1 rings (SSSR count). The van der Waals surface area contributed by atoms with Crippen molar-refractivity contribution in [3.8, 4) is 0 Å². The van der Waals surface area contributed by atoms with Gasteiger partial charge in [-0.2, -0.15) is 0 Å². The van der Waals surface area contributed by atoms with Crippen LogP contribution in [0, 0.1) is 10.8 Å². The normalized spacial score (nSPS) is 22.5. The van der Waals surface area contributed by atoms with E-state index in [4.69, 9.17) is 18.5 Å². The highest BCUT2D eigenvalue weighted by molar-refractivity contribution is 7.55. The van der Waals surface area contributed by atoms with Crippen molar-refractivity contribution in [3.05, 3.63) is 0 Å². The van der Waals surface area contributed by atoms with Crippen LogP contribution in [0.3, 0.4) is 0 Å². The Balaban J connectivity index is 3.36. The van der Waals surface area contributed by atoms with Crippen LogP contribution in [-0.2, 0) is 32.7 Å². The Labute approximate surface area is 124 Å². The minimum Gasteiger partial charge on any atom is -0.465 e. The van der Waals surface area contributed by atoms with Gasteiger partial charge in [-0.3, -0.25) is 14.2 Å². The van der Waals surface area contributed by atoms with Gasteiger partial charge in [-0.05, 0) is 13.8 Å². The molecule has 1 atom stereocenters. The largest absolute Gasteiger partial charge is 0.465 e. The number of hydrogen-bond donors (Lipinski definition) is 0. The predicted octanol–water partition coefficient (Wildman–Crippen LogP) is 1.99. The smallest absolute Gasteiger partial charge is 0.335 e. The Morgan fingerprint density at radius 3 is 1.67 bits per heavy atom. The van der Waals surface area contributed by atoms with E-state index in [9.17, 15) is 14.2 Å². The minimum atomic E-state index is -3.64. The molecule has 0 spiro atoms. The van der Waals surface area contributed by atoms with Crippen LogP contribution < -0.4 is 0 Å². The average Bonchev–Trinajstić information content (AvgIpc) is 2.97. The molecule has 0 aromatic rings. The molecule has 0 radical (unpaired) electrons. The molecule has 0 bridgehead atoms. The SMILES string of the molecule is CCOC(=O)C1(C(=O)OCC)C(P(=O)(OC)OC)C1(C)C. The molecule has 0 heterocycles. The highest BCUT2D eigenvalue weighted by Gasteiger charge is 2.88. The van der Waals surface area contributed by atoms with Gasteiger partial charge < -0.3 is 18.5 Å². The average molecular weight is 322 g/mol. The molecule has 0 saturated heterocycles. The van der Waals surface area contributed by atoms with Crippen molar-refractivity contribution in [1.82, 2.24) is 0 Å². The first kappa shape index (κ1) is 18.1. The standard InChI is InChI=1S/C13H23O7P/c1-7-19-10(14)13(11(15)20-8-2)9(12(13,3)4)21(16,17-5)18-6/h9H,7-8H2,1-6H3. The molecule has 0 N–H and O–H groups in total. The van der Waals surface area contributed by atoms with E-state index >= 15 is 0 Å². The first-order chi connectivity index (χ1) is 9.70. The van der Waals surface area contributed by atoms with Crippen molar-refractivity contribution in [1.29, 1.82) is 0 Å². The lowest BCUT2D eigenvalue weighted by molar-refractivity contribution is -0.166. The summed E-state index contributed by atoms with van der Waals surface area (Å²) in [5.41, 5.74) is -3.56. The van der Waals surface area contributed by atoms with Gasteiger partial charge in [0.15, 0.2) is 5.41 Å². The molecule has 0 aromatic carbocycles. The second kappa shape index (κ2) is 6.07. The predicted molar refractivity (Wildman–Crippen MR) is 74.9 cm³/mol. The van der Waals surface area contributed by atoms with E-state index in [2.05, 4.69) is 0 Å². The first-order valence-electron chi connectivity index (χ1n) is 6.76. The zero-order valence-electron chi connectivity index (χ0n) is 13.3. The zero-order chi connectivity index (χ0) is 16.5. The summed E-state index contributed by atoms with van der Waals surface area (Å²) in [4.78, 5) is 24.8. The van der Waals surface area contributed by atoms with Crippen molar-refractivity contribution in [2.45, 2.75) is 33.4 Å². The lowest BCUT2D eigenvalue weighted by Crippen LogP contribution is -2.35. The van der Waals surface area contributed by atoms with E-state index in [0.717, 1.165) is 0 Å². The van der Waals surface area contributed by atoms with Gasteiger partial charge in [-0.25, -0.2) is 0 Å². The number of rotatable bonds is 7. The van der Waals surface area contributed by atoms with Crippen molar-refractivity contribution in [2.75, 3.05) is 27.4 Å². The summed E-state index contributed by atoms with van der Waals surface area (Å²) in [6.07, 6.45) is 0. The Kier molecular flexibility index (Phi) is 5.24. The first-order valence-corrected chi connectivity index (χ1v) is 8.37.